The van der Waals surface area contributed by atoms with E-state index in [1.165, 1.54) is 24.4 Å². The van der Waals surface area contributed by atoms with E-state index in [0.717, 1.165) is 11.1 Å². The summed E-state index contributed by atoms with van der Waals surface area (Å²) in [4.78, 5) is 41.0. The Hall–Kier alpha value is -4.03. The summed E-state index contributed by atoms with van der Waals surface area (Å²) in [6, 6.07) is 22.3. The van der Waals surface area contributed by atoms with Gasteiger partial charge in [-0.1, -0.05) is 66.2 Å². The number of halogens is 1. The Kier molecular flexibility index (Phi) is 6.70. The number of benzene rings is 3. The number of aryl methyl sites for hydroxylation is 1. The second kappa shape index (κ2) is 9.85. The number of aromatic nitrogens is 1. The first-order valence-electron chi connectivity index (χ1n) is 10.7. The molecule has 0 amide bonds. The molecule has 0 saturated heterocycles. The molecule has 4 rings (SSSR count). The average molecular weight is 473 g/mol. The number of carbonyl (C=O) groups excluding carboxylic acids is 1. The number of ketones is 1. The molecule has 0 aliphatic rings. The predicted octanol–water partition coefficient (Wildman–Crippen LogP) is 6.12. The smallest absolute Gasteiger partial charge is 0.277 e. The molecular formula is C27H21ClN2O4. The third-order valence-electron chi connectivity index (χ3n) is 5.80. The molecule has 1 N–H and O–H groups in total. The maximum Gasteiger partial charge on any atom is 0.277 e. The second-order valence-electron chi connectivity index (χ2n) is 7.97. The van der Waals surface area contributed by atoms with Crippen molar-refractivity contribution in [1.82, 2.24) is 4.98 Å². The van der Waals surface area contributed by atoms with E-state index >= 15 is 0 Å². The molecule has 6 nitrogen and oxygen atoms in total. The van der Waals surface area contributed by atoms with Crippen molar-refractivity contribution in [3.05, 3.63) is 133 Å². The van der Waals surface area contributed by atoms with Gasteiger partial charge in [-0.15, -0.1) is 0 Å². The lowest BCUT2D eigenvalue weighted by atomic mass is 9.81. The summed E-state index contributed by atoms with van der Waals surface area (Å²) in [5, 5.41) is 12.1. The Bertz CT molecular complexity index is 1430. The fourth-order valence-corrected chi connectivity index (χ4v) is 4.34. The predicted molar refractivity (Wildman–Crippen MR) is 133 cm³/mol. The van der Waals surface area contributed by atoms with Crippen LogP contribution < -0.4 is 5.56 Å². The van der Waals surface area contributed by atoms with E-state index in [1.807, 2.05) is 49.4 Å². The number of nitrogens with one attached hydrogen (secondary N) is 1. The van der Waals surface area contributed by atoms with Gasteiger partial charge in [0.1, 0.15) is 0 Å². The summed E-state index contributed by atoms with van der Waals surface area (Å²) < 4.78 is 0. The van der Waals surface area contributed by atoms with Crippen LogP contribution in [0.5, 0.6) is 0 Å². The molecule has 0 spiro atoms. The van der Waals surface area contributed by atoms with Crippen LogP contribution in [-0.4, -0.2) is 15.7 Å². The van der Waals surface area contributed by atoms with E-state index in [1.54, 1.807) is 18.2 Å². The summed E-state index contributed by atoms with van der Waals surface area (Å²) in [6.07, 6.45) is 1.67. The van der Waals surface area contributed by atoms with Crippen LogP contribution in [0.3, 0.4) is 0 Å². The van der Waals surface area contributed by atoms with E-state index in [9.17, 15) is 19.7 Å². The Morgan fingerprint density at radius 1 is 1.00 bits per heavy atom. The van der Waals surface area contributed by atoms with Crippen molar-refractivity contribution in [2.24, 2.45) is 0 Å². The third kappa shape index (κ3) is 4.67. The number of pyridine rings is 1. The van der Waals surface area contributed by atoms with E-state index in [4.69, 9.17) is 11.6 Å². The molecule has 7 heteroatoms. The number of hydrogen-bond donors (Lipinski definition) is 1. The highest BCUT2D eigenvalue weighted by Gasteiger charge is 2.30. The zero-order valence-electron chi connectivity index (χ0n) is 18.3. The van der Waals surface area contributed by atoms with Gasteiger partial charge in [0.05, 0.1) is 16.4 Å². The lowest BCUT2D eigenvalue weighted by molar-refractivity contribution is -0.384. The Morgan fingerprint density at radius 2 is 1.71 bits per heavy atom. The largest absolute Gasteiger partial charge is 0.329 e. The molecule has 0 saturated carbocycles. The molecule has 34 heavy (non-hydrogen) atoms. The molecule has 0 aliphatic heterocycles. The van der Waals surface area contributed by atoms with Gasteiger partial charge >= 0.3 is 0 Å². The van der Waals surface area contributed by atoms with Crippen LogP contribution in [0.2, 0.25) is 5.02 Å². The van der Waals surface area contributed by atoms with Crippen molar-refractivity contribution in [2.75, 3.05) is 0 Å². The highest BCUT2D eigenvalue weighted by Crippen LogP contribution is 2.37. The van der Waals surface area contributed by atoms with E-state index in [2.05, 4.69) is 4.98 Å². The normalized spacial score (nSPS) is 11.7. The average Bonchev–Trinajstić information content (AvgIpc) is 2.83. The minimum Gasteiger partial charge on any atom is -0.329 e. The van der Waals surface area contributed by atoms with Gasteiger partial charge in [-0.2, -0.15) is 0 Å². The second-order valence-corrected chi connectivity index (χ2v) is 8.41. The van der Waals surface area contributed by atoms with Crippen LogP contribution in [0.1, 0.15) is 33.0 Å². The van der Waals surface area contributed by atoms with Gasteiger partial charge in [-0.25, -0.2) is 0 Å². The van der Waals surface area contributed by atoms with Gasteiger partial charge in [0.25, 0.3) is 11.2 Å². The van der Waals surface area contributed by atoms with Crippen LogP contribution in [0, 0.1) is 17.0 Å². The van der Waals surface area contributed by atoms with Gasteiger partial charge < -0.3 is 4.98 Å². The molecule has 1 heterocycles. The van der Waals surface area contributed by atoms with Crippen molar-refractivity contribution in [3.63, 3.8) is 0 Å². The summed E-state index contributed by atoms with van der Waals surface area (Å²) in [5.74, 6) is -1.10. The molecule has 0 bridgehead atoms. The fraction of sp³-hybridized carbons (Fsp3) is 0.111. The molecule has 4 aromatic rings. The molecule has 170 valence electrons. The van der Waals surface area contributed by atoms with Crippen LogP contribution in [0.4, 0.5) is 5.69 Å². The fourth-order valence-electron chi connectivity index (χ4n) is 4.17. The third-order valence-corrected chi connectivity index (χ3v) is 6.04. The zero-order chi connectivity index (χ0) is 24.2. The molecule has 3 aromatic carbocycles. The number of nitro benzene ring substituents is 1. The molecule has 0 fully saturated rings. The van der Waals surface area contributed by atoms with E-state index in [0.29, 0.717) is 11.1 Å². The summed E-state index contributed by atoms with van der Waals surface area (Å²) >= 11 is 6.18. The maximum atomic E-state index is 13.9. The van der Waals surface area contributed by atoms with Crippen LogP contribution in [0.25, 0.3) is 11.1 Å². The zero-order valence-corrected chi connectivity index (χ0v) is 19.1. The summed E-state index contributed by atoms with van der Waals surface area (Å²) in [5.41, 5.74) is 2.14. The van der Waals surface area contributed by atoms with Crippen molar-refractivity contribution in [1.29, 1.82) is 0 Å². The highest BCUT2D eigenvalue weighted by molar-refractivity contribution is 6.31. The first-order valence-corrected chi connectivity index (χ1v) is 11.0. The maximum absolute atomic E-state index is 13.9. The van der Waals surface area contributed by atoms with Gasteiger partial charge in [-0.3, -0.25) is 19.7 Å². The SMILES string of the molecule is Cc1ccccc1C(=O)C(Cc1ccccc1)c1c(-c2cc(Cl)ccc2[N+](=O)[O-])cc[nH]c1=O. The topological polar surface area (TPSA) is 93.1 Å². The lowest BCUT2D eigenvalue weighted by Gasteiger charge is -2.20. The van der Waals surface area contributed by atoms with Crippen LogP contribution in [-0.2, 0) is 6.42 Å². The van der Waals surface area contributed by atoms with Gasteiger partial charge in [0.15, 0.2) is 5.78 Å². The quantitative estimate of drug-likeness (QED) is 0.199. The Morgan fingerprint density at radius 3 is 2.41 bits per heavy atom. The minimum absolute atomic E-state index is 0.171. The minimum atomic E-state index is -0.873. The van der Waals surface area contributed by atoms with Crippen LogP contribution >= 0.6 is 11.6 Å². The van der Waals surface area contributed by atoms with E-state index < -0.39 is 16.4 Å². The van der Waals surface area contributed by atoms with Crippen molar-refractivity contribution < 1.29 is 9.72 Å². The molecule has 1 atom stereocenters. The molecule has 0 radical (unpaired) electrons. The van der Waals surface area contributed by atoms with Gasteiger partial charge in [-0.05, 0) is 48.2 Å². The highest BCUT2D eigenvalue weighted by atomic mass is 35.5. The number of aromatic amines is 1. The van der Waals surface area contributed by atoms with Gasteiger partial charge in [0.2, 0.25) is 0 Å². The van der Waals surface area contributed by atoms with Gasteiger partial charge in [0, 0.05) is 28.4 Å². The van der Waals surface area contributed by atoms with Crippen molar-refractivity contribution in [2.45, 2.75) is 19.3 Å². The number of hydrogen-bond acceptors (Lipinski definition) is 4. The molecular weight excluding hydrogens is 452 g/mol. The number of carbonyl (C=O) groups is 1. The first kappa shape index (κ1) is 23.1. The number of H-pyrrole nitrogens is 1. The molecule has 1 aromatic heterocycles. The van der Waals surface area contributed by atoms with E-state index in [-0.39, 0.29) is 34.0 Å². The van der Waals surface area contributed by atoms with Crippen LogP contribution in [0.15, 0.2) is 89.9 Å². The standard InChI is InChI=1S/C27H21ClN2O4/c1-17-7-5-6-10-20(17)26(31)23(15-18-8-3-2-4-9-18)25-21(13-14-29-27(25)32)22-16-19(28)11-12-24(22)30(33)34/h2-14,16,23H,15H2,1H3,(H,29,32). The number of nitro groups is 1. The Labute approximate surface area is 201 Å². The van der Waals surface area contributed by atoms with Crippen molar-refractivity contribution in [3.8, 4) is 11.1 Å². The number of Topliss-reactive ketones (excluding diaryl/α,β-unsaturated/α-hetero) is 1. The number of rotatable bonds is 7. The lowest BCUT2D eigenvalue weighted by Crippen LogP contribution is -2.25. The monoisotopic (exact) mass is 472 g/mol. The first-order chi connectivity index (χ1) is 16.4. The molecule has 1 unspecified atom stereocenters. The Balaban J connectivity index is 1.97. The molecule has 0 aliphatic carbocycles. The summed E-state index contributed by atoms with van der Waals surface area (Å²) in [6.45, 7) is 1.84. The van der Waals surface area contributed by atoms with Crippen molar-refractivity contribution >= 4 is 23.1 Å². The number of nitrogens with zero attached hydrogens (tertiary/aromatic N) is 1. The summed E-state index contributed by atoms with van der Waals surface area (Å²) in [7, 11) is 0.